The van der Waals surface area contributed by atoms with Gasteiger partial charge in [-0.15, -0.1) is 0 Å². The monoisotopic (exact) mass is 248 g/mol. The number of nitrogen functional groups attached to an aromatic ring is 1. The van der Waals surface area contributed by atoms with E-state index in [4.69, 9.17) is 10.3 Å². The number of rotatable bonds is 1. The molecule has 0 bridgehead atoms. The van der Waals surface area contributed by atoms with Crippen LogP contribution in [0.15, 0.2) is 9.13 Å². The first kappa shape index (κ1) is 8.44. The molecule has 0 amide bonds. The maximum Gasteiger partial charge on any atom is 0.226 e. The molecule has 1 aromatic heterocycles. The SMILES string of the molecule is Nc1onc(Br)c1C1CCSC1. The molecule has 1 aromatic rings. The van der Waals surface area contributed by atoms with Crippen molar-refractivity contribution in [3.63, 3.8) is 0 Å². The summed E-state index contributed by atoms with van der Waals surface area (Å²) in [5, 5.41) is 3.77. The van der Waals surface area contributed by atoms with E-state index in [9.17, 15) is 0 Å². The maximum atomic E-state index is 5.65. The van der Waals surface area contributed by atoms with Gasteiger partial charge in [-0.05, 0) is 28.1 Å². The molecule has 0 radical (unpaired) electrons. The van der Waals surface area contributed by atoms with Crippen molar-refractivity contribution >= 4 is 33.6 Å². The van der Waals surface area contributed by atoms with Crippen LogP contribution in [0.5, 0.6) is 0 Å². The minimum Gasteiger partial charge on any atom is -0.367 e. The number of thioether (sulfide) groups is 1. The highest BCUT2D eigenvalue weighted by molar-refractivity contribution is 9.10. The minimum atomic E-state index is 0.467. The molecule has 2 heterocycles. The van der Waals surface area contributed by atoms with Crippen LogP contribution in [0, 0.1) is 0 Å². The Labute approximate surface area is 83.2 Å². The smallest absolute Gasteiger partial charge is 0.226 e. The second kappa shape index (κ2) is 3.30. The number of hydrogen-bond acceptors (Lipinski definition) is 4. The van der Waals surface area contributed by atoms with E-state index >= 15 is 0 Å². The lowest BCUT2D eigenvalue weighted by Gasteiger charge is -2.04. The van der Waals surface area contributed by atoms with E-state index < -0.39 is 0 Å². The highest BCUT2D eigenvalue weighted by Gasteiger charge is 2.25. The van der Waals surface area contributed by atoms with Crippen molar-refractivity contribution in [2.24, 2.45) is 0 Å². The van der Waals surface area contributed by atoms with Crippen LogP contribution in [0.2, 0.25) is 0 Å². The molecule has 1 fully saturated rings. The van der Waals surface area contributed by atoms with Gasteiger partial charge < -0.3 is 10.3 Å². The topological polar surface area (TPSA) is 52.0 Å². The Morgan fingerprint density at radius 1 is 1.67 bits per heavy atom. The van der Waals surface area contributed by atoms with Gasteiger partial charge in [0.1, 0.15) is 0 Å². The summed E-state index contributed by atoms with van der Waals surface area (Å²) < 4.78 is 5.65. The molecule has 0 saturated carbocycles. The molecule has 5 heteroatoms. The Balaban J connectivity index is 2.30. The normalized spacial score (nSPS) is 23.2. The molecule has 0 spiro atoms. The average Bonchev–Trinajstić information content (AvgIpc) is 2.61. The van der Waals surface area contributed by atoms with Crippen molar-refractivity contribution in [3.05, 3.63) is 10.2 Å². The molecule has 1 aliphatic rings. The standard InChI is InChI=1S/C7H9BrN2OS/c8-6-5(7(9)11-10-6)4-1-2-12-3-4/h4H,1-3,9H2. The summed E-state index contributed by atoms with van der Waals surface area (Å²) in [5.74, 6) is 3.33. The highest BCUT2D eigenvalue weighted by atomic mass is 79.9. The van der Waals surface area contributed by atoms with Gasteiger partial charge in [-0.3, -0.25) is 0 Å². The molecular weight excluding hydrogens is 240 g/mol. The molecule has 1 unspecified atom stereocenters. The van der Waals surface area contributed by atoms with Crippen molar-refractivity contribution < 1.29 is 4.52 Å². The summed E-state index contributed by atoms with van der Waals surface area (Å²) in [7, 11) is 0. The second-order valence-electron chi connectivity index (χ2n) is 2.81. The number of hydrogen-bond donors (Lipinski definition) is 1. The van der Waals surface area contributed by atoms with Crippen LogP contribution in [-0.4, -0.2) is 16.7 Å². The largest absolute Gasteiger partial charge is 0.367 e. The third-order valence-corrected chi connectivity index (χ3v) is 3.78. The van der Waals surface area contributed by atoms with Crippen molar-refractivity contribution in [2.75, 3.05) is 17.2 Å². The van der Waals surface area contributed by atoms with Gasteiger partial charge in [-0.2, -0.15) is 11.8 Å². The molecule has 1 atom stereocenters. The van der Waals surface area contributed by atoms with Gasteiger partial charge in [0.15, 0.2) is 4.60 Å². The zero-order chi connectivity index (χ0) is 8.55. The third kappa shape index (κ3) is 1.35. The molecule has 0 aromatic carbocycles. The predicted octanol–water partition coefficient (Wildman–Crippen LogP) is 2.24. The predicted molar refractivity (Wildman–Crippen MR) is 53.3 cm³/mol. The quantitative estimate of drug-likeness (QED) is 0.829. The summed E-state index contributed by atoms with van der Waals surface area (Å²) in [4.78, 5) is 0. The van der Waals surface area contributed by atoms with E-state index in [1.54, 1.807) is 0 Å². The van der Waals surface area contributed by atoms with Gasteiger partial charge in [0.2, 0.25) is 5.88 Å². The minimum absolute atomic E-state index is 0.467. The lowest BCUT2D eigenvalue weighted by Crippen LogP contribution is -1.99. The highest BCUT2D eigenvalue weighted by Crippen LogP contribution is 2.38. The summed E-state index contributed by atoms with van der Waals surface area (Å²) in [6.07, 6.45) is 1.18. The molecule has 0 aliphatic carbocycles. The zero-order valence-corrected chi connectivity index (χ0v) is 8.82. The lowest BCUT2D eigenvalue weighted by atomic mass is 10.0. The number of nitrogens with zero attached hydrogens (tertiary/aromatic N) is 1. The number of nitrogens with two attached hydrogens (primary N) is 1. The van der Waals surface area contributed by atoms with Crippen molar-refractivity contribution in [3.8, 4) is 0 Å². The molecule has 3 nitrogen and oxygen atoms in total. The molecule has 1 aliphatic heterocycles. The van der Waals surface area contributed by atoms with Gasteiger partial charge in [0.25, 0.3) is 0 Å². The van der Waals surface area contributed by atoms with Crippen LogP contribution in [-0.2, 0) is 0 Å². The van der Waals surface area contributed by atoms with Crippen molar-refractivity contribution in [1.82, 2.24) is 5.16 Å². The van der Waals surface area contributed by atoms with E-state index in [2.05, 4.69) is 21.1 Å². The van der Waals surface area contributed by atoms with Crippen LogP contribution in [0.3, 0.4) is 0 Å². The number of halogens is 1. The van der Waals surface area contributed by atoms with E-state index in [0.29, 0.717) is 11.8 Å². The molecular formula is C7H9BrN2OS. The fourth-order valence-electron chi connectivity index (χ4n) is 1.42. The van der Waals surface area contributed by atoms with Crippen LogP contribution >= 0.6 is 27.7 Å². The van der Waals surface area contributed by atoms with Crippen LogP contribution in [0.25, 0.3) is 0 Å². The molecule has 66 valence electrons. The first-order chi connectivity index (χ1) is 5.79. The lowest BCUT2D eigenvalue weighted by molar-refractivity contribution is 0.431. The average molecular weight is 249 g/mol. The summed E-state index contributed by atoms with van der Waals surface area (Å²) >= 11 is 5.28. The van der Waals surface area contributed by atoms with Crippen LogP contribution < -0.4 is 5.73 Å². The molecule has 2 rings (SSSR count). The van der Waals surface area contributed by atoms with Gasteiger partial charge in [-0.25, -0.2) is 0 Å². The number of anilines is 1. The summed E-state index contributed by atoms with van der Waals surface area (Å²) in [6, 6.07) is 0. The second-order valence-corrected chi connectivity index (χ2v) is 4.71. The Kier molecular flexibility index (Phi) is 2.32. The first-order valence-corrected chi connectivity index (χ1v) is 5.72. The van der Waals surface area contributed by atoms with Crippen molar-refractivity contribution in [2.45, 2.75) is 12.3 Å². The summed E-state index contributed by atoms with van der Waals surface area (Å²) in [6.45, 7) is 0. The fraction of sp³-hybridized carbons (Fsp3) is 0.571. The van der Waals surface area contributed by atoms with E-state index in [-0.39, 0.29) is 0 Å². The third-order valence-electron chi connectivity index (χ3n) is 2.05. The maximum absolute atomic E-state index is 5.65. The van der Waals surface area contributed by atoms with E-state index in [1.165, 1.54) is 12.2 Å². The Hall–Kier alpha value is -0.160. The fourth-order valence-corrected chi connectivity index (χ4v) is 3.25. The van der Waals surface area contributed by atoms with Gasteiger partial charge in [0.05, 0.1) is 5.56 Å². The molecule has 1 saturated heterocycles. The van der Waals surface area contributed by atoms with Crippen LogP contribution in [0.1, 0.15) is 17.9 Å². The van der Waals surface area contributed by atoms with Gasteiger partial charge >= 0.3 is 0 Å². The number of aromatic nitrogens is 1. The Morgan fingerprint density at radius 2 is 2.50 bits per heavy atom. The van der Waals surface area contributed by atoms with Crippen molar-refractivity contribution in [1.29, 1.82) is 0 Å². The van der Waals surface area contributed by atoms with Crippen LogP contribution in [0.4, 0.5) is 5.88 Å². The van der Waals surface area contributed by atoms with Gasteiger partial charge in [-0.1, -0.05) is 5.16 Å². The van der Waals surface area contributed by atoms with Gasteiger partial charge in [0, 0.05) is 11.7 Å². The summed E-state index contributed by atoms with van der Waals surface area (Å²) in [5.41, 5.74) is 6.71. The molecule has 12 heavy (non-hydrogen) atoms. The first-order valence-electron chi connectivity index (χ1n) is 3.77. The van der Waals surface area contributed by atoms with E-state index in [0.717, 1.165) is 15.9 Å². The zero-order valence-electron chi connectivity index (χ0n) is 6.42. The van der Waals surface area contributed by atoms with E-state index in [1.807, 2.05) is 11.8 Å². The molecule has 2 N–H and O–H groups in total. The Bertz CT molecular complexity index is 263. The Morgan fingerprint density at radius 3 is 3.00 bits per heavy atom.